The second-order valence-electron chi connectivity index (χ2n) is 7.26. The first-order chi connectivity index (χ1) is 14.3. The molecule has 6 rings (SSSR count). The molecule has 0 bridgehead atoms. The van der Waals surface area contributed by atoms with E-state index in [0.717, 1.165) is 45.5 Å². The largest absolute Gasteiger partial charge is 0.486 e. The van der Waals surface area contributed by atoms with Crippen molar-refractivity contribution in [2.75, 3.05) is 23.6 Å². The van der Waals surface area contributed by atoms with Crippen LogP contribution in [0, 0.1) is 6.92 Å². The van der Waals surface area contributed by atoms with E-state index in [4.69, 9.17) is 14.5 Å². The Kier molecular flexibility index (Phi) is 3.43. The lowest BCUT2D eigenvalue weighted by molar-refractivity contribution is 0.171. The smallest absolute Gasteiger partial charge is 0.161 e. The zero-order chi connectivity index (χ0) is 19.4. The highest BCUT2D eigenvalue weighted by molar-refractivity contribution is 5.91. The molecule has 0 radical (unpaired) electrons. The Labute approximate surface area is 167 Å². The normalized spacial score (nSPS) is 14.3. The Balaban J connectivity index is 1.48. The third-order valence-electron chi connectivity index (χ3n) is 5.37. The second-order valence-corrected chi connectivity index (χ2v) is 7.26. The standard InChI is InChI=1S/C22H19N5O2/c1-14-3-2-4-16-20(14)21-22(26-8-7-23-12-19(26)24-21)27(25-16)13-15-5-6-17-18(11-15)29-10-9-28-17/h2-8,11-12,25H,9-10,13H2,1H3. The van der Waals surface area contributed by atoms with Crippen LogP contribution in [-0.4, -0.2) is 27.6 Å². The molecular formula is C22H19N5O2. The lowest BCUT2D eigenvalue weighted by atomic mass is 10.0. The third kappa shape index (κ3) is 2.51. The van der Waals surface area contributed by atoms with Gasteiger partial charge >= 0.3 is 0 Å². The molecule has 2 aliphatic heterocycles. The molecule has 0 amide bonds. The molecule has 0 unspecified atom stereocenters. The maximum atomic E-state index is 5.76. The maximum Gasteiger partial charge on any atom is 0.161 e. The van der Waals surface area contributed by atoms with Crippen molar-refractivity contribution in [1.29, 1.82) is 0 Å². The Bertz CT molecular complexity index is 1250. The van der Waals surface area contributed by atoms with Gasteiger partial charge in [-0.25, -0.2) is 4.98 Å². The Morgan fingerprint density at radius 3 is 2.93 bits per heavy atom. The number of hydrogen-bond donors (Lipinski definition) is 1. The monoisotopic (exact) mass is 385 g/mol. The van der Waals surface area contributed by atoms with Gasteiger partial charge in [0.2, 0.25) is 0 Å². The first-order valence-corrected chi connectivity index (χ1v) is 9.63. The number of anilines is 2. The number of benzene rings is 2. The van der Waals surface area contributed by atoms with Crippen LogP contribution in [0.3, 0.4) is 0 Å². The molecule has 4 heterocycles. The van der Waals surface area contributed by atoms with Gasteiger partial charge in [0.05, 0.1) is 18.4 Å². The van der Waals surface area contributed by atoms with Gasteiger partial charge in [-0.3, -0.25) is 19.8 Å². The topological polar surface area (TPSA) is 63.9 Å². The van der Waals surface area contributed by atoms with E-state index in [2.05, 4.69) is 51.0 Å². The zero-order valence-corrected chi connectivity index (χ0v) is 15.9. The average Bonchev–Trinajstić information content (AvgIpc) is 3.13. The molecule has 0 saturated heterocycles. The summed E-state index contributed by atoms with van der Waals surface area (Å²) in [5.74, 6) is 2.60. The SMILES string of the molecule is Cc1cccc2c1-c1nc3cnccn3c1N(Cc1ccc3c(c1)OCCO3)N2. The fourth-order valence-electron chi connectivity index (χ4n) is 4.08. The van der Waals surface area contributed by atoms with E-state index in [1.165, 1.54) is 5.56 Å². The number of aryl methyl sites for hydroxylation is 1. The van der Waals surface area contributed by atoms with Crippen LogP contribution in [0.1, 0.15) is 11.1 Å². The molecule has 0 saturated carbocycles. The quantitative estimate of drug-likeness (QED) is 0.566. The molecular weight excluding hydrogens is 366 g/mol. The summed E-state index contributed by atoms with van der Waals surface area (Å²) in [5.41, 5.74) is 9.85. The molecule has 7 heteroatoms. The number of hydrogen-bond acceptors (Lipinski definition) is 6. The van der Waals surface area contributed by atoms with Crippen molar-refractivity contribution in [3.8, 4) is 22.8 Å². The molecule has 29 heavy (non-hydrogen) atoms. The van der Waals surface area contributed by atoms with Crippen molar-refractivity contribution in [1.82, 2.24) is 14.4 Å². The van der Waals surface area contributed by atoms with Crippen LogP contribution in [0.15, 0.2) is 55.0 Å². The molecule has 2 aromatic carbocycles. The van der Waals surface area contributed by atoms with Crippen LogP contribution in [0.5, 0.6) is 11.5 Å². The van der Waals surface area contributed by atoms with Crippen molar-refractivity contribution < 1.29 is 9.47 Å². The van der Waals surface area contributed by atoms with Gasteiger partial charge in [-0.2, -0.15) is 0 Å². The number of hydrazine groups is 1. The average molecular weight is 385 g/mol. The van der Waals surface area contributed by atoms with Gasteiger partial charge < -0.3 is 9.47 Å². The number of ether oxygens (including phenoxy) is 2. The Hall–Kier alpha value is -3.74. The van der Waals surface area contributed by atoms with Crippen molar-refractivity contribution in [3.05, 3.63) is 66.1 Å². The molecule has 0 spiro atoms. The van der Waals surface area contributed by atoms with Crippen LogP contribution in [-0.2, 0) is 6.54 Å². The number of rotatable bonds is 2. The van der Waals surface area contributed by atoms with Crippen LogP contribution < -0.4 is 19.9 Å². The molecule has 7 nitrogen and oxygen atoms in total. The summed E-state index contributed by atoms with van der Waals surface area (Å²) < 4.78 is 13.5. The minimum atomic E-state index is 0.579. The third-order valence-corrected chi connectivity index (χ3v) is 5.37. The van der Waals surface area contributed by atoms with Crippen molar-refractivity contribution in [2.24, 2.45) is 0 Å². The second kappa shape index (κ2) is 6.13. The van der Waals surface area contributed by atoms with E-state index in [-0.39, 0.29) is 0 Å². The van der Waals surface area contributed by atoms with E-state index in [1.54, 1.807) is 12.4 Å². The first-order valence-electron chi connectivity index (χ1n) is 9.63. The minimum Gasteiger partial charge on any atom is -0.486 e. The maximum absolute atomic E-state index is 5.76. The van der Waals surface area contributed by atoms with Gasteiger partial charge in [-0.05, 0) is 36.2 Å². The van der Waals surface area contributed by atoms with Crippen LogP contribution in [0.4, 0.5) is 11.5 Å². The van der Waals surface area contributed by atoms with Gasteiger partial charge in [0, 0.05) is 18.0 Å². The molecule has 1 N–H and O–H groups in total. The molecule has 2 aliphatic rings. The summed E-state index contributed by atoms with van der Waals surface area (Å²) >= 11 is 0. The summed E-state index contributed by atoms with van der Waals surface area (Å²) in [5, 5.41) is 2.13. The van der Waals surface area contributed by atoms with E-state index in [0.29, 0.717) is 19.8 Å². The van der Waals surface area contributed by atoms with E-state index < -0.39 is 0 Å². The molecule has 0 atom stereocenters. The molecule has 4 aromatic rings. The number of aromatic nitrogens is 3. The highest BCUT2D eigenvalue weighted by Crippen LogP contribution is 2.43. The number of fused-ring (bicyclic) bond motifs is 6. The lowest BCUT2D eigenvalue weighted by Crippen LogP contribution is -2.33. The highest BCUT2D eigenvalue weighted by atomic mass is 16.6. The molecule has 144 valence electrons. The van der Waals surface area contributed by atoms with Gasteiger partial charge in [0.25, 0.3) is 0 Å². The van der Waals surface area contributed by atoms with Gasteiger partial charge in [-0.15, -0.1) is 0 Å². The Morgan fingerprint density at radius 2 is 2.00 bits per heavy atom. The summed E-state index contributed by atoms with van der Waals surface area (Å²) in [6, 6.07) is 12.4. The molecule has 2 aromatic heterocycles. The summed E-state index contributed by atoms with van der Waals surface area (Å²) in [6.45, 7) is 3.93. The summed E-state index contributed by atoms with van der Waals surface area (Å²) in [4.78, 5) is 9.13. The van der Waals surface area contributed by atoms with Crippen molar-refractivity contribution in [3.63, 3.8) is 0 Å². The van der Waals surface area contributed by atoms with E-state index in [1.807, 2.05) is 18.3 Å². The minimum absolute atomic E-state index is 0.579. The summed E-state index contributed by atoms with van der Waals surface area (Å²) in [6.07, 6.45) is 5.52. The van der Waals surface area contributed by atoms with Gasteiger partial charge in [-0.1, -0.05) is 18.2 Å². The van der Waals surface area contributed by atoms with Crippen LogP contribution in [0.25, 0.3) is 16.9 Å². The fraction of sp³-hybridized carbons (Fsp3) is 0.182. The molecule has 0 fully saturated rings. The Morgan fingerprint density at radius 1 is 1.10 bits per heavy atom. The van der Waals surface area contributed by atoms with Crippen molar-refractivity contribution >= 4 is 17.2 Å². The van der Waals surface area contributed by atoms with Crippen molar-refractivity contribution in [2.45, 2.75) is 13.5 Å². The van der Waals surface area contributed by atoms with Gasteiger partial charge in [0.1, 0.15) is 18.9 Å². The van der Waals surface area contributed by atoms with E-state index in [9.17, 15) is 0 Å². The number of nitrogens with zero attached hydrogens (tertiary/aromatic N) is 4. The van der Waals surface area contributed by atoms with E-state index >= 15 is 0 Å². The highest BCUT2D eigenvalue weighted by Gasteiger charge is 2.28. The number of nitrogens with one attached hydrogen (secondary N) is 1. The van der Waals surface area contributed by atoms with Crippen LogP contribution >= 0.6 is 0 Å². The zero-order valence-electron chi connectivity index (χ0n) is 15.9. The summed E-state index contributed by atoms with van der Waals surface area (Å²) in [7, 11) is 0. The number of imidazole rings is 1. The lowest BCUT2D eigenvalue weighted by Gasteiger charge is -2.32. The first kappa shape index (κ1) is 16.2. The predicted molar refractivity (Wildman–Crippen MR) is 110 cm³/mol. The van der Waals surface area contributed by atoms with Crippen LogP contribution in [0.2, 0.25) is 0 Å². The predicted octanol–water partition coefficient (Wildman–Crippen LogP) is 3.82. The molecule has 0 aliphatic carbocycles. The van der Waals surface area contributed by atoms with Gasteiger partial charge in [0.15, 0.2) is 23.0 Å². The fourth-order valence-corrected chi connectivity index (χ4v) is 4.08.